The summed E-state index contributed by atoms with van der Waals surface area (Å²) in [4.78, 5) is 0. The van der Waals surface area contributed by atoms with E-state index in [1.54, 1.807) is 0 Å². The molecule has 0 saturated carbocycles. The molecule has 1 rings (SSSR count). The second-order valence-corrected chi connectivity index (χ2v) is 4.55. The van der Waals surface area contributed by atoms with E-state index >= 15 is 0 Å². The van der Waals surface area contributed by atoms with E-state index < -0.39 is 0 Å². The Labute approximate surface area is 115 Å². The molecule has 0 aromatic heterocycles. The summed E-state index contributed by atoms with van der Waals surface area (Å²) < 4.78 is 1.47. The molecule has 0 N–H and O–H groups in total. The topological polar surface area (TPSA) is 0 Å². The van der Waals surface area contributed by atoms with E-state index in [1.165, 1.54) is 21.0 Å². The Hall–Kier alpha value is 0.934. The van der Waals surface area contributed by atoms with Crippen molar-refractivity contribution in [3.63, 3.8) is 0 Å². The third kappa shape index (κ3) is 2.96. The zero-order valence-corrected chi connectivity index (χ0v) is 12.7. The minimum absolute atomic E-state index is 0. The van der Waals surface area contributed by atoms with E-state index in [4.69, 9.17) is 0 Å². The van der Waals surface area contributed by atoms with Crippen LogP contribution in [0.3, 0.4) is 0 Å². The summed E-state index contributed by atoms with van der Waals surface area (Å²) in [5.74, 6) is 0. The first-order valence-corrected chi connectivity index (χ1v) is 4.67. The van der Waals surface area contributed by atoms with Crippen molar-refractivity contribution in [3.8, 4) is 0 Å². The molecule has 0 spiro atoms. The first-order valence-electron chi connectivity index (χ1n) is 3.97. The minimum Gasteiger partial charge on any atom is -1.00 e. The van der Waals surface area contributed by atoms with Gasteiger partial charge in [-0.05, 0) is 0 Å². The minimum atomic E-state index is 0. The normalized spacial score (nSPS) is 18.5. The van der Waals surface area contributed by atoms with Crippen LogP contribution in [0, 0.1) is 5.41 Å². The maximum atomic E-state index is 2.71. The summed E-state index contributed by atoms with van der Waals surface area (Å²) in [7, 11) is 0. The van der Waals surface area contributed by atoms with E-state index in [2.05, 4.69) is 52.0 Å². The Bertz CT molecular complexity index is 239. The van der Waals surface area contributed by atoms with Gasteiger partial charge < -0.3 is 37.2 Å². The number of rotatable bonds is 0. The molecule has 0 amide bonds. The molecule has 1 aliphatic rings. The summed E-state index contributed by atoms with van der Waals surface area (Å²) in [6.45, 7) is 11.2. The van der Waals surface area contributed by atoms with Crippen LogP contribution in [0.15, 0.2) is 21.0 Å². The SMILES string of the molecule is CC1=C(C)C(C)(C)[C]([V+3])=C1C.[Cl-].[Cl-].[Cl-]. The molecule has 0 atom stereocenters. The average molecular weight is 293 g/mol. The van der Waals surface area contributed by atoms with Gasteiger partial charge in [-0.15, -0.1) is 0 Å². The van der Waals surface area contributed by atoms with Crippen molar-refractivity contribution in [2.24, 2.45) is 5.41 Å². The molecule has 0 heterocycles. The Balaban J connectivity index is -0.000000403. The van der Waals surface area contributed by atoms with Crippen LogP contribution < -0.4 is 37.2 Å². The molecule has 0 radical (unpaired) electrons. The predicted molar refractivity (Wildman–Crippen MR) is 44.9 cm³/mol. The van der Waals surface area contributed by atoms with Crippen molar-refractivity contribution in [3.05, 3.63) is 21.0 Å². The van der Waals surface area contributed by atoms with Crippen molar-refractivity contribution in [1.29, 1.82) is 0 Å². The second kappa shape index (κ2) is 6.50. The molecule has 0 fully saturated rings. The van der Waals surface area contributed by atoms with E-state index in [1.807, 2.05) is 0 Å². The fourth-order valence-corrected chi connectivity index (χ4v) is 2.10. The summed E-state index contributed by atoms with van der Waals surface area (Å²) in [5, 5.41) is 0. The summed E-state index contributed by atoms with van der Waals surface area (Å²) in [6, 6.07) is 0. The van der Waals surface area contributed by atoms with Crippen LogP contribution in [-0.2, 0) is 17.4 Å². The van der Waals surface area contributed by atoms with Gasteiger partial charge in [0.25, 0.3) is 0 Å². The van der Waals surface area contributed by atoms with Crippen LogP contribution >= 0.6 is 0 Å². The monoisotopic (exact) mass is 291 g/mol. The van der Waals surface area contributed by atoms with Gasteiger partial charge in [-0.25, -0.2) is 0 Å². The van der Waals surface area contributed by atoms with Gasteiger partial charge in [0.1, 0.15) is 0 Å². The molecule has 4 heteroatoms. The van der Waals surface area contributed by atoms with Gasteiger partial charge >= 0.3 is 78.5 Å². The second-order valence-electron chi connectivity index (χ2n) is 3.85. The van der Waals surface area contributed by atoms with Crippen molar-refractivity contribution < 1.29 is 54.6 Å². The van der Waals surface area contributed by atoms with Crippen LogP contribution in [0.4, 0.5) is 0 Å². The number of hydrogen-bond acceptors (Lipinski definition) is 0. The first kappa shape index (κ1) is 20.4. The number of halogens is 3. The van der Waals surface area contributed by atoms with Crippen molar-refractivity contribution >= 4 is 0 Å². The van der Waals surface area contributed by atoms with Crippen LogP contribution in [0.25, 0.3) is 0 Å². The molecular formula is C10H15Cl3V. The quantitative estimate of drug-likeness (QED) is 0.417. The van der Waals surface area contributed by atoms with Crippen LogP contribution in [0.2, 0.25) is 0 Å². The molecule has 81 valence electrons. The smallest absolute Gasteiger partial charge is 1.00 e. The molecule has 0 unspecified atom stereocenters. The van der Waals surface area contributed by atoms with Crippen LogP contribution in [0.1, 0.15) is 34.6 Å². The summed E-state index contributed by atoms with van der Waals surface area (Å²) in [5.41, 5.74) is 4.75. The zero-order chi connectivity index (χ0) is 8.81. The molecule has 14 heavy (non-hydrogen) atoms. The van der Waals surface area contributed by atoms with E-state index in [0.29, 0.717) is 0 Å². The standard InChI is InChI=1S/C10H15.3ClH.V/c1-7-6-10(4,5)9(3)8(7)2;;;;/h1-5H3;3*1H;/q;;;;+3/p-3. The van der Waals surface area contributed by atoms with Gasteiger partial charge in [-0.1, -0.05) is 0 Å². The Morgan fingerprint density at radius 1 is 0.857 bits per heavy atom. The molecule has 0 aliphatic heterocycles. The number of allylic oxidation sites excluding steroid dienone is 4. The molecule has 0 aromatic carbocycles. The Kier molecular flexibility index (Phi) is 9.46. The largest absolute Gasteiger partial charge is 1.00 e. The predicted octanol–water partition coefficient (Wildman–Crippen LogP) is -5.80. The van der Waals surface area contributed by atoms with E-state index in [-0.39, 0.29) is 42.6 Å². The fraction of sp³-hybridized carbons (Fsp3) is 0.600. The zero-order valence-electron chi connectivity index (χ0n) is 9.08. The Morgan fingerprint density at radius 2 is 1.21 bits per heavy atom. The molecule has 0 saturated heterocycles. The Morgan fingerprint density at radius 3 is 1.29 bits per heavy atom. The third-order valence-corrected chi connectivity index (χ3v) is 4.41. The summed E-state index contributed by atoms with van der Waals surface area (Å²) in [6.07, 6.45) is 0. The maximum absolute atomic E-state index is 2.71. The fourth-order valence-electron chi connectivity index (χ4n) is 1.57. The molecular weight excluding hydrogens is 277 g/mol. The van der Waals surface area contributed by atoms with Crippen molar-refractivity contribution in [2.75, 3.05) is 0 Å². The summed E-state index contributed by atoms with van der Waals surface area (Å²) >= 11 is 2.71. The van der Waals surface area contributed by atoms with Crippen LogP contribution in [-0.4, -0.2) is 0 Å². The van der Waals surface area contributed by atoms with Crippen molar-refractivity contribution in [1.82, 2.24) is 0 Å². The van der Waals surface area contributed by atoms with Gasteiger partial charge in [0.2, 0.25) is 0 Å². The molecule has 0 aromatic rings. The van der Waals surface area contributed by atoms with Gasteiger partial charge in [0.05, 0.1) is 0 Å². The maximum Gasteiger partial charge on any atom is -1.00 e. The first-order chi connectivity index (χ1) is 4.89. The van der Waals surface area contributed by atoms with Crippen LogP contribution in [0.5, 0.6) is 0 Å². The molecule has 1 aliphatic carbocycles. The van der Waals surface area contributed by atoms with Gasteiger partial charge in [-0.3, -0.25) is 0 Å². The van der Waals surface area contributed by atoms with Gasteiger partial charge in [0.15, 0.2) is 0 Å². The average Bonchev–Trinajstić information content (AvgIpc) is 2.06. The number of hydrogen-bond donors (Lipinski definition) is 0. The van der Waals surface area contributed by atoms with E-state index in [0.717, 1.165) is 0 Å². The van der Waals surface area contributed by atoms with E-state index in [9.17, 15) is 0 Å². The molecule has 0 bridgehead atoms. The third-order valence-electron chi connectivity index (χ3n) is 3.01. The van der Waals surface area contributed by atoms with Gasteiger partial charge in [0, 0.05) is 0 Å². The molecule has 0 nitrogen and oxygen atoms in total. The van der Waals surface area contributed by atoms with Crippen molar-refractivity contribution in [2.45, 2.75) is 34.6 Å². The van der Waals surface area contributed by atoms with Gasteiger partial charge in [-0.2, -0.15) is 0 Å².